The van der Waals surface area contributed by atoms with Crippen LogP contribution in [0.15, 0.2) is 22.7 Å². The van der Waals surface area contributed by atoms with Crippen molar-refractivity contribution >= 4 is 21.9 Å². The Morgan fingerprint density at radius 2 is 2.37 bits per heavy atom. The van der Waals surface area contributed by atoms with Crippen LogP contribution in [-0.2, 0) is 16.1 Å². The highest BCUT2D eigenvalue weighted by Crippen LogP contribution is 2.22. The summed E-state index contributed by atoms with van der Waals surface area (Å²) in [4.78, 5) is 13.7. The van der Waals surface area contributed by atoms with Crippen LogP contribution in [0.4, 0.5) is 4.39 Å². The molecular weight excluding hydrogens is 313 g/mol. The molecule has 0 bridgehead atoms. The lowest BCUT2D eigenvalue weighted by atomic mass is 9.98. The summed E-state index contributed by atoms with van der Waals surface area (Å²) in [7, 11) is 1.41. The number of hydrogen-bond acceptors (Lipinski definition) is 3. The zero-order valence-corrected chi connectivity index (χ0v) is 12.5. The molecule has 0 aromatic heterocycles. The Kier molecular flexibility index (Phi) is 4.93. The average Bonchev–Trinajstić information content (AvgIpc) is 2.42. The van der Waals surface area contributed by atoms with Crippen molar-refractivity contribution in [2.24, 2.45) is 5.92 Å². The third-order valence-corrected chi connectivity index (χ3v) is 3.93. The molecule has 1 fully saturated rings. The Hall–Kier alpha value is -0.940. The van der Waals surface area contributed by atoms with Crippen LogP contribution in [0.5, 0.6) is 0 Å². The maximum atomic E-state index is 13.7. The molecule has 1 aromatic carbocycles. The van der Waals surface area contributed by atoms with E-state index >= 15 is 0 Å². The first-order valence-electron chi connectivity index (χ1n) is 6.34. The van der Waals surface area contributed by atoms with Crippen molar-refractivity contribution in [3.8, 4) is 0 Å². The van der Waals surface area contributed by atoms with Gasteiger partial charge in [0.15, 0.2) is 0 Å². The molecule has 1 heterocycles. The second-order valence-corrected chi connectivity index (χ2v) is 5.75. The number of ether oxygens (including phenoxy) is 1. The number of benzene rings is 1. The van der Waals surface area contributed by atoms with Gasteiger partial charge in [-0.2, -0.15) is 0 Å². The molecule has 104 valence electrons. The number of piperidine rings is 1. The second kappa shape index (κ2) is 6.48. The van der Waals surface area contributed by atoms with E-state index < -0.39 is 0 Å². The molecule has 3 nitrogen and oxygen atoms in total. The Bertz CT molecular complexity index is 467. The number of halogens is 2. The minimum absolute atomic E-state index is 0.0889. The van der Waals surface area contributed by atoms with Crippen molar-refractivity contribution in [1.82, 2.24) is 4.90 Å². The van der Waals surface area contributed by atoms with Gasteiger partial charge in [-0.1, -0.05) is 15.9 Å². The number of esters is 1. The zero-order chi connectivity index (χ0) is 13.8. The molecule has 19 heavy (non-hydrogen) atoms. The Labute approximate surface area is 120 Å². The van der Waals surface area contributed by atoms with Gasteiger partial charge in [-0.15, -0.1) is 0 Å². The van der Waals surface area contributed by atoms with Gasteiger partial charge in [-0.05, 0) is 37.6 Å². The van der Waals surface area contributed by atoms with Gasteiger partial charge >= 0.3 is 5.97 Å². The van der Waals surface area contributed by atoms with Crippen molar-refractivity contribution < 1.29 is 13.9 Å². The molecule has 0 amide bonds. The van der Waals surface area contributed by atoms with Crippen LogP contribution >= 0.6 is 15.9 Å². The topological polar surface area (TPSA) is 29.5 Å². The van der Waals surface area contributed by atoms with Crippen LogP contribution in [-0.4, -0.2) is 31.1 Å². The van der Waals surface area contributed by atoms with Crippen molar-refractivity contribution in [2.75, 3.05) is 20.2 Å². The first-order valence-corrected chi connectivity index (χ1v) is 7.13. The van der Waals surface area contributed by atoms with Crippen LogP contribution in [0.25, 0.3) is 0 Å². The number of carbonyl (C=O) groups excluding carboxylic acids is 1. The van der Waals surface area contributed by atoms with E-state index in [9.17, 15) is 9.18 Å². The van der Waals surface area contributed by atoms with Gasteiger partial charge in [0.2, 0.25) is 0 Å². The largest absolute Gasteiger partial charge is 0.469 e. The lowest BCUT2D eigenvalue weighted by Crippen LogP contribution is -2.38. The standard InChI is InChI=1S/C14H17BrFNO2/c1-19-14(18)10-3-2-6-17(8-10)9-11-7-12(15)4-5-13(11)16/h4-5,7,10H,2-3,6,8-9H2,1H3/t10-/m0/s1. The van der Waals surface area contributed by atoms with Crippen LogP contribution in [0.2, 0.25) is 0 Å². The van der Waals surface area contributed by atoms with Crippen LogP contribution in [0.3, 0.4) is 0 Å². The van der Waals surface area contributed by atoms with Crippen LogP contribution in [0, 0.1) is 11.7 Å². The van der Waals surface area contributed by atoms with E-state index in [0.29, 0.717) is 18.7 Å². The first-order chi connectivity index (χ1) is 9.10. The minimum Gasteiger partial charge on any atom is -0.469 e. The summed E-state index contributed by atoms with van der Waals surface area (Å²) < 4.78 is 19.4. The molecule has 1 aliphatic heterocycles. The second-order valence-electron chi connectivity index (χ2n) is 4.83. The summed E-state index contributed by atoms with van der Waals surface area (Å²) in [5.41, 5.74) is 0.653. The maximum Gasteiger partial charge on any atom is 0.309 e. The lowest BCUT2D eigenvalue weighted by Gasteiger charge is -2.31. The number of likely N-dealkylation sites (tertiary alicyclic amines) is 1. The third kappa shape index (κ3) is 3.76. The number of rotatable bonds is 3. The maximum absolute atomic E-state index is 13.7. The molecule has 1 atom stereocenters. The van der Waals surface area contributed by atoms with Crippen LogP contribution < -0.4 is 0 Å². The number of nitrogens with zero attached hydrogens (tertiary/aromatic N) is 1. The van der Waals surface area contributed by atoms with Gasteiger partial charge in [0.05, 0.1) is 13.0 Å². The van der Waals surface area contributed by atoms with E-state index in [-0.39, 0.29) is 17.7 Å². The fourth-order valence-electron chi connectivity index (χ4n) is 2.46. The molecule has 0 unspecified atom stereocenters. The highest BCUT2D eigenvalue weighted by Gasteiger charge is 2.26. The van der Waals surface area contributed by atoms with Crippen molar-refractivity contribution in [3.63, 3.8) is 0 Å². The minimum atomic E-state index is -0.205. The number of methoxy groups -OCH3 is 1. The normalized spacial score (nSPS) is 20.3. The molecule has 2 rings (SSSR count). The molecule has 5 heteroatoms. The summed E-state index contributed by atoms with van der Waals surface area (Å²) in [5, 5.41) is 0. The van der Waals surface area contributed by atoms with E-state index in [1.807, 2.05) is 0 Å². The molecule has 1 aliphatic rings. The van der Waals surface area contributed by atoms with E-state index in [4.69, 9.17) is 4.74 Å². The highest BCUT2D eigenvalue weighted by atomic mass is 79.9. The monoisotopic (exact) mass is 329 g/mol. The smallest absolute Gasteiger partial charge is 0.309 e. The van der Waals surface area contributed by atoms with Gasteiger partial charge in [-0.3, -0.25) is 9.69 Å². The molecule has 0 aliphatic carbocycles. The van der Waals surface area contributed by atoms with E-state index in [1.165, 1.54) is 13.2 Å². The SMILES string of the molecule is COC(=O)[C@H]1CCCN(Cc2cc(Br)ccc2F)C1. The summed E-state index contributed by atoms with van der Waals surface area (Å²) >= 11 is 3.35. The predicted octanol–water partition coefficient (Wildman–Crippen LogP) is 2.97. The Morgan fingerprint density at radius 3 is 3.11 bits per heavy atom. The zero-order valence-electron chi connectivity index (χ0n) is 10.9. The third-order valence-electron chi connectivity index (χ3n) is 3.44. The van der Waals surface area contributed by atoms with Gasteiger partial charge in [-0.25, -0.2) is 4.39 Å². The number of carbonyl (C=O) groups is 1. The molecule has 1 saturated heterocycles. The van der Waals surface area contributed by atoms with Gasteiger partial charge in [0, 0.05) is 23.1 Å². The first kappa shape index (κ1) is 14.5. The lowest BCUT2D eigenvalue weighted by molar-refractivity contribution is -0.147. The molecule has 1 aromatic rings. The summed E-state index contributed by atoms with van der Waals surface area (Å²) in [5.74, 6) is -0.461. The molecular formula is C14H17BrFNO2. The van der Waals surface area contributed by atoms with Crippen molar-refractivity contribution in [3.05, 3.63) is 34.1 Å². The van der Waals surface area contributed by atoms with Gasteiger partial charge in [0.1, 0.15) is 5.82 Å². The average molecular weight is 330 g/mol. The fraction of sp³-hybridized carbons (Fsp3) is 0.500. The summed E-state index contributed by atoms with van der Waals surface area (Å²) in [6, 6.07) is 4.94. The number of hydrogen-bond donors (Lipinski definition) is 0. The van der Waals surface area contributed by atoms with Crippen LogP contribution in [0.1, 0.15) is 18.4 Å². The van der Waals surface area contributed by atoms with Crippen molar-refractivity contribution in [1.29, 1.82) is 0 Å². The highest BCUT2D eigenvalue weighted by molar-refractivity contribution is 9.10. The summed E-state index contributed by atoms with van der Waals surface area (Å²) in [6.07, 6.45) is 1.79. The van der Waals surface area contributed by atoms with Gasteiger partial charge < -0.3 is 4.74 Å². The molecule has 0 N–H and O–H groups in total. The molecule has 0 spiro atoms. The Balaban J connectivity index is 2.02. The predicted molar refractivity (Wildman–Crippen MR) is 74.1 cm³/mol. The van der Waals surface area contributed by atoms with E-state index in [1.54, 1.807) is 12.1 Å². The van der Waals surface area contributed by atoms with Gasteiger partial charge in [0.25, 0.3) is 0 Å². The van der Waals surface area contributed by atoms with E-state index in [2.05, 4.69) is 20.8 Å². The quantitative estimate of drug-likeness (QED) is 0.798. The summed E-state index contributed by atoms with van der Waals surface area (Å²) in [6.45, 7) is 2.05. The fourth-order valence-corrected chi connectivity index (χ4v) is 2.87. The van der Waals surface area contributed by atoms with Crippen molar-refractivity contribution in [2.45, 2.75) is 19.4 Å². The van der Waals surface area contributed by atoms with E-state index in [0.717, 1.165) is 23.9 Å². The molecule has 0 radical (unpaired) electrons. The Morgan fingerprint density at radius 1 is 1.58 bits per heavy atom. The molecule has 0 saturated carbocycles.